The molecule has 8 heteroatoms. The highest BCUT2D eigenvalue weighted by atomic mass is 35.5. The molecule has 0 bridgehead atoms. The molecule has 2 fully saturated rings. The van der Waals surface area contributed by atoms with Gasteiger partial charge in [-0.05, 0) is 43.6 Å². The predicted molar refractivity (Wildman–Crippen MR) is 110 cm³/mol. The van der Waals surface area contributed by atoms with E-state index in [9.17, 15) is 14.9 Å². The summed E-state index contributed by atoms with van der Waals surface area (Å²) in [6.07, 6.45) is 3.55. The number of halogens is 1. The largest absolute Gasteiger partial charge is 0.461 e. The van der Waals surface area contributed by atoms with Crippen LogP contribution in [0.4, 0.5) is 5.69 Å². The Kier molecular flexibility index (Phi) is 7.86. The number of nitro groups is 1. The third-order valence-electron chi connectivity index (χ3n) is 6.17. The maximum atomic E-state index is 12.3. The van der Waals surface area contributed by atoms with Crippen LogP contribution in [0.3, 0.4) is 0 Å². The number of benzene rings is 1. The first-order chi connectivity index (χ1) is 14.0. The highest BCUT2D eigenvalue weighted by Gasteiger charge is 2.31. The molecule has 160 valence electrons. The summed E-state index contributed by atoms with van der Waals surface area (Å²) in [6, 6.07) is 4.66. The van der Waals surface area contributed by atoms with Crippen molar-refractivity contribution in [3.8, 4) is 0 Å². The van der Waals surface area contributed by atoms with Crippen LogP contribution in [-0.4, -0.2) is 60.6 Å². The van der Waals surface area contributed by atoms with E-state index in [4.69, 9.17) is 21.1 Å². The molecule has 0 N–H and O–H groups in total. The van der Waals surface area contributed by atoms with Crippen LogP contribution >= 0.6 is 11.6 Å². The van der Waals surface area contributed by atoms with Gasteiger partial charge in [0.05, 0.1) is 23.7 Å². The number of nitro benzene ring substituents is 1. The van der Waals surface area contributed by atoms with Crippen LogP contribution in [-0.2, 0) is 15.9 Å². The monoisotopic (exact) mass is 424 g/mol. The zero-order valence-corrected chi connectivity index (χ0v) is 17.6. The smallest absolute Gasteiger partial charge is 0.338 e. The van der Waals surface area contributed by atoms with Gasteiger partial charge in [-0.25, -0.2) is 4.79 Å². The molecular weight excluding hydrogens is 396 g/mol. The maximum Gasteiger partial charge on any atom is 0.338 e. The SMILES string of the molecule is CC1C(Cl)CC[C@@H]1CCc1ccc(C(=O)OCCN2CCOCC2)cc1[N+](=O)[O-]. The van der Waals surface area contributed by atoms with Crippen LogP contribution in [0.2, 0.25) is 0 Å². The molecule has 0 spiro atoms. The molecule has 0 radical (unpaired) electrons. The Labute approximate surface area is 176 Å². The number of ether oxygens (including phenoxy) is 2. The van der Waals surface area contributed by atoms with Crippen molar-refractivity contribution >= 4 is 23.3 Å². The van der Waals surface area contributed by atoms with Crippen molar-refractivity contribution in [1.82, 2.24) is 4.90 Å². The summed E-state index contributed by atoms with van der Waals surface area (Å²) in [5.74, 6) is 0.390. The minimum atomic E-state index is -0.526. The fourth-order valence-electron chi connectivity index (χ4n) is 4.19. The van der Waals surface area contributed by atoms with Gasteiger partial charge >= 0.3 is 5.97 Å². The Hall–Kier alpha value is -1.70. The zero-order valence-electron chi connectivity index (χ0n) is 16.8. The summed E-state index contributed by atoms with van der Waals surface area (Å²) in [6.45, 7) is 6.06. The van der Waals surface area contributed by atoms with Crippen LogP contribution in [0.5, 0.6) is 0 Å². The van der Waals surface area contributed by atoms with Gasteiger partial charge < -0.3 is 9.47 Å². The zero-order chi connectivity index (χ0) is 20.8. The van der Waals surface area contributed by atoms with Crippen molar-refractivity contribution in [3.63, 3.8) is 0 Å². The fraction of sp³-hybridized carbons (Fsp3) is 0.667. The molecule has 1 aromatic rings. The van der Waals surface area contributed by atoms with Gasteiger partial charge in [0.2, 0.25) is 0 Å². The second kappa shape index (κ2) is 10.4. The number of hydrogen-bond donors (Lipinski definition) is 0. The third kappa shape index (κ3) is 5.90. The van der Waals surface area contributed by atoms with Gasteiger partial charge in [0.25, 0.3) is 5.69 Å². The second-order valence-corrected chi connectivity index (χ2v) is 8.50. The molecule has 1 aliphatic carbocycles. The number of esters is 1. The van der Waals surface area contributed by atoms with E-state index in [-0.39, 0.29) is 23.2 Å². The van der Waals surface area contributed by atoms with E-state index in [1.54, 1.807) is 12.1 Å². The number of alkyl halides is 1. The summed E-state index contributed by atoms with van der Waals surface area (Å²) in [7, 11) is 0. The highest BCUT2D eigenvalue weighted by Crippen LogP contribution is 2.38. The minimum absolute atomic E-state index is 0.0132. The predicted octanol–water partition coefficient (Wildman–Crippen LogP) is 3.67. The van der Waals surface area contributed by atoms with Crippen molar-refractivity contribution in [2.75, 3.05) is 39.5 Å². The average Bonchev–Trinajstić information content (AvgIpc) is 3.05. The summed E-state index contributed by atoms with van der Waals surface area (Å²) in [5.41, 5.74) is 0.864. The standard InChI is InChI=1S/C21H29ClN2O5/c1-15-16(6-7-19(15)22)2-3-17-4-5-18(14-20(17)24(26)27)21(25)29-13-10-23-8-11-28-12-9-23/h4-5,14-16,19H,2-3,6-13H2,1H3/t15?,16-,19?/m0/s1. The number of morpholine rings is 1. The molecule has 1 aromatic carbocycles. The lowest BCUT2D eigenvalue weighted by molar-refractivity contribution is -0.385. The summed E-state index contributed by atoms with van der Waals surface area (Å²) in [4.78, 5) is 25.6. The average molecular weight is 425 g/mol. The van der Waals surface area contributed by atoms with Gasteiger partial charge in [-0.2, -0.15) is 0 Å². The van der Waals surface area contributed by atoms with Gasteiger partial charge in [-0.1, -0.05) is 13.0 Å². The van der Waals surface area contributed by atoms with Gasteiger partial charge in [0.1, 0.15) is 6.61 Å². The molecule has 29 heavy (non-hydrogen) atoms. The molecule has 1 saturated heterocycles. The Morgan fingerprint density at radius 2 is 2.10 bits per heavy atom. The van der Waals surface area contributed by atoms with Crippen LogP contribution < -0.4 is 0 Å². The molecule has 1 heterocycles. The number of hydrogen-bond acceptors (Lipinski definition) is 6. The number of carbonyl (C=O) groups excluding carboxylic acids is 1. The van der Waals surface area contributed by atoms with E-state index in [0.717, 1.165) is 32.4 Å². The van der Waals surface area contributed by atoms with E-state index in [2.05, 4.69) is 11.8 Å². The number of rotatable bonds is 8. The van der Waals surface area contributed by atoms with Crippen molar-refractivity contribution in [2.24, 2.45) is 11.8 Å². The van der Waals surface area contributed by atoms with Crippen LogP contribution in [0.1, 0.15) is 42.1 Å². The lowest BCUT2D eigenvalue weighted by Crippen LogP contribution is -2.38. The topological polar surface area (TPSA) is 81.9 Å². The highest BCUT2D eigenvalue weighted by molar-refractivity contribution is 6.20. The van der Waals surface area contributed by atoms with Crippen LogP contribution in [0.15, 0.2) is 18.2 Å². The lowest BCUT2D eigenvalue weighted by atomic mass is 9.90. The van der Waals surface area contributed by atoms with Crippen molar-refractivity contribution in [1.29, 1.82) is 0 Å². The molecular formula is C21H29ClN2O5. The first-order valence-electron chi connectivity index (χ1n) is 10.3. The van der Waals surface area contributed by atoms with Crippen LogP contribution in [0.25, 0.3) is 0 Å². The first-order valence-corrected chi connectivity index (χ1v) is 10.8. The van der Waals surface area contributed by atoms with E-state index >= 15 is 0 Å². The van der Waals surface area contributed by atoms with Gasteiger partial charge in [-0.3, -0.25) is 15.0 Å². The lowest BCUT2D eigenvalue weighted by Gasteiger charge is -2.26. The summed E-state index contributed by atoms with van der Waals surface area (Å²) >= 11 is 6.30. The van der Waals surface area contributed by atoms with Crippen LogP contribution in [0, 0.1) is 22.0 Å². The molecule has 2 unspecified atom stereocenters. The number of nitrogens with zero attached hydrogens (tertiary/aromatic N) is 2. The van der Waals surface area contributed by atoms with Gasteiger partial charge in [-0.15, -0.1) is 11.6 Å². The van der Waals surface area contributed by atoms with E-state index in [1.165, 1.54) is 6.07 Å². The fourth-order valence-corrected chi connectivity index (χ4v) is 4.52. The molecule has 7 nitrogen and oxygen atoms in total. The third-order valence-corrected chi connectivity index (χ3v) is 6.79. The molecule has 2 aliphatic rings. The maximum absolute atomic E-state index is 12.3. The van der Waals surface area contributed by atoms with Gasteiger partial charge in [0.15, 0.2) is 0 Å². The normalized spacial score (nSPS) is 25.1. The summed E-state index contributed by atoms with van der Waals surface area (Å²) < 4.78 is 10.6. The number of aryl methyl sites for hydroxylation is 1. The molecule has 1 aliphatic heterocycles. The summed E-state index contributed by atoms with van der Waals surface area (Å²) in [5, 5.41) is 11.7. The first kappa shape index (κ1) is 22.0. The minimum Gasteiger partial charge on any atom is -0.461 e. The molecule has 3 rings (SSSR count). The van der Waals surface area contributed by atoms with Crippen molar-refractivity contribution in [3.05, 3.63) is 39.4 Å². The van der Waals surface area contributed by atoms with Gasteiger partial charge in [0, 0.05) is 36.6 Å². The molecule has 0 amide bonds. The van der Waals surface area contributed by atoms with E-state index in [1.807, 2.05) is 0 Å². The second-order valence-electron chi connectivity index (χ2n) is 7.94. The Morgan fingerprint density at radius 3 is 2.76 bits per heavy atom. The van der Waals surface area contributed by atoms with E-state index in [0.29, 0.717) is 43.6 Å². The molecule has 0 aromatic heterocycles. The Morgan fingerprint density at radius 1 is 1.34 bits per heavy atom. The van der Waals surface area contributed by atoms with Crippen molar-refractivity contribution in [2.45, 2.75) is 38.0 Å². The molecule has 3 atom stereocenters. The molecule has 1 saturated carbocycles. The quantitative estimate of drug-likeness (QED) is 0.274. The van der Waals surface area contributed by atoms with Crippen molar-refractivity contribution < 1.29 is 19.2 Å². The van der Waals surface area contributed by atoms with E-state index < -0.39 is 10.9 Å². The number of carbonyl (C=O) groups is 1. The Bertz CT molecular complexity index is 723. The Balaban J connectivity index is 1.56.